The highest BCUT2D eigenvalue weighted by Gasteiger charge is 2.03. The second-order valence-electron chi connectivity index (χ2n) is 4.98. The topological polar surface area (TPSA) is 75.3 Å². The molecule has 0 unspecified atom stereocenters. The van der Waals surface area contributed by atoms with Crippen LogP contribution in [0.4, 0.5) is 0 Å². The van der Waals surface area contributed by atoms with Gasteiger partial charge in [-0.05, 0) is 41.8 Å². The minimum absolute atomic E-state index is 0.0354. The summed E-state index contributed by atoms with van der Waals surface area (Å²) >= 11 is 0. The molecule has 0 spiro atoms. The molecule has 0 saturated carbocycles. The van der Waals surface area contributed by atoms with Gasteiger partial charge in [0.05, 0.1) is 6.42 Å². The molecule has 4 N–H and O–H groups in total. The van der Waals surface area contributed by atoms with Gasteiger partial charge in [-0.3, -0.25) is 4.79 Å². The average molecular weight is 284 g/mol. The Hall–Kier alpha value is -2.33. The van der Waals surface area contributed by atoms with Gasteiger partial charge in [-0.2, -0.15) is 0 Å². The Kier molecular flexibility index (Phi) is 5.35. The first-order valence-corrected chi connectivity index (χ1v) is 7.00. The van der Waals surface area contributed by atoms with Gasteiger partial charge in [0.25, 0.3) is 0 Å². The van der Waals surface area contributed by atoms with E-state index < -0.39 is 0 Å². The highest BCUT2D eigenvalue weighted by molar-refractivity contribution is 5.78. The lowest BCUT2D eigenvalue weighted by Gasteiger charge is -2.07. The van der Waals surface area contributed by atoms with Crippen molar-refractivity contribution in [3.63, 3.8) is 0 Å². The molecule has 21 heavy (non-hydrogen) atoms. The summed E-state index contributed by atoms with van der Waals surface area (Å²) in [6.45, 7) is 1.16. The molecule has 0 saturated heterocycles. The number of hydrogen-bond donors (Lipinski definition) is 3. The number of phenols is 1. The van der Waals surface area contributed by atoms with E-state index in [1.165, 1.54) is 5.56 Å². The highest BCUT2D eigenvalue weighted by atomic mass is 16.3. The maximum Gasteiger partial charge on any atom is 0.224 e. The van der Waals surface area contributed by atoms with E-state index in [2.05, 4.69) is 5.32 Å². The number of rotatable bonds is 6. The van der Waals surface area contributed by atoms with Crippen LogP contribution < -0.4 is 11.1 Å². The second kappa shape index (κ2) is 7.45. The lowest BCUT2D eigenvalue weighted by Crippen LogP contribution is -2.24. The van der Waals surface area contributed by atoms with Crippen molar-refractivity contribution in [3.8, 4) is 5.75 Å². The molecule has 0 fully saturated rings. The Morgan fingerprint density at radius 2 is 1.52 bits per heavy atom. The molecule has 2 aromatic carbocycles. The molecule has 2 rings (SSSR count). The van der Waals surface area contributed by atoms with Gasteiger partial charge in [-0.1, -0.05) is 36.4 Å². The molecule has 110 valence electrons. The van der Waals surface area contributed by atoms with Crippen LogP contribution in [0.2, 0.25) is 0 Å². The maximum atomic E-state index is 11.8. The van der Waals surface area contributed by atoms with Gasteiger partial charge >= 0.3 is 0 Å². The molecular weight excluding hydrogens is 264 g/mol. The predicted octanol–water partition coefficient (Wildman–Crippen LogP) is 1.75. The molecule has 4 heteroatoms. The van der Waals surface area contributed by atoms with Crippen molar-refractivity contribution in [3.05, 3.63) is 65.2 Å². The third-order valence-electron chi connectivity index (χ3n) is 3.25. The fourth-order valence-corrected chi connectivity index (χ4v) is 2.05. The lowest BCUT2D eigenvalue weighted by molar-refractivity contribution is -0.120. The van der Waals surface area contributed by atoms with Crippen LogP contribution in [0.25, 0.3) is 0 Å². The Bertz CT molecular complexity index is 577. The van der Waals surface area contributed by atoms with Crippen LogP contribution in [0.1, 0.15) is 16.7 Å². The van der Waals surface area contributed by atoms with Crippen LogP contribution in [0.5, 0.6) is 5.75 Å². The van der Waals surface area contributed by atoms with Crippen molar-refractivity contribution in [1.29, 1.82) is 0 Å². The van der Waals surface area contributed by atoms with Crippen LogP contribution in [-0.4, -0.2) is 17.6 Å². The zero-order chi connectivity index (χ0) is 15.1. The molecule has 0 radical (unpaired) electrons. The van der Waals surface area contributed by atoms with Crippen molar-refractivity contribution in [1.82, 2.24) is 5.32 Å². The third-order valence-corrected chi connectivity index (χ3v) is 3.25. The molecule has 4 nitrogen and oxygen atoms in total. The average Bonchev–Trinajstić information content (AvgIpc) is 2.49. The number of nitrogens with two attached hydrogens (primary N) is 1. The minimum atomic E-state index is -0.0354. The quantitative estimate of drug-likeness (QED) is 0.756. The number of phenolic OH excluding ortho intramolecular Hbond substituents is 1. The van der Waals surface area contributed by atoms with Crippen LogP contribution in [0.15, 0.2) is 48.5 Å². The molecule has 0 heterocycles. The van der Waals surface area contributed by atoms with Gasteiger partial charge in [0, 0.05) is 6.54 Å². The Labute approximate surface area is 124 Å². The van der Waals surface area contributed by atoms with Crippen LogP contribution in [-0.2, 0) is 24.2 Å². The molecule has 0 aromatic heterocycles. The first-order valence-electron chi connectivity index (χ1n) is 7.00. The molecule has 0 bridgehead atoms. The van der Waals surface area contributed by atoms with Crippen molar-refractivity contribution in [2.45, 2.75) is 19.4 Å². The first kappa shape index (κ1) is 15.1. The number of carbonyl (C=O) groups is 1. The molecule has 0 aliphatic rings. The fourth-order valence-electron chi connectivity index (χ4n) is 2.05. The van der Waals surface area contributed by atoms with Crippen molar-refractivity contribution in [2.75, 3.05) is 6.54 Å². The summed E-state index contributed by atoms with van der Waals surface area (Å²) in [6.07, 6.45) is 1.18. The van der Waals surface area contributed by atoms with Crippen LogP contribution in [0.3, 0.4) is 0 Å². The summed E-state index contributed by atoms with van der Waals surface area (Å²) in [4.78, 5) is 11.8. The molecule has 0 atom stereocenters. The number of carbonyl (C=O) groups excluding carboxylic acids is 1. The first-order chi connectivity index (χ1) is 10.2. The van der Waals surface area contributed by atoms with Crippen molar-refractivity contribution >= 4 is 5.91 Å². The van der Waals surface area contributed by atoms with Crippen molar-refractivity contribution in [2.24, 2.45) is 5.73 Å². The number of hydrogen-bond acceptors (Lipinski definition) is 3. The van der Waals surface area contributed by atoms with Gasteiger partial charge < -0.3 is 16.2 Å². The summed E-state index contributed by atoms with van der Waals surface area (Å²) in [5, 5.41) is 12.1. The zero-order valence-corrected chi connectivity index (χ0v) is 11.9. The number of nitrogens with one attached hydrogen (secondary N) is 1. The van der Waals surface area contributed by atoms with E-state index >= 15 is 0 Å². The van der Waals surface area contributed by atoms with E-state index in [0.29, 0.717) is 19.5 Å². The van der Waals surface area contributed by atoms with E-state index in [4.69, 9.17) is 5.73 Å². The molecular formula is C17H20N2O2. The summed E-state index contributed by atoms with van der Waals surface area (Å²) in [5.74, 6) is 0.170. The van der Waals surface area contributed by atoms with Crippen LogP contribution in [0, 0.1) is 0 Å². The highest BCUT2D eigenvalue weighted by Crippen LogP contribution is 2.10. The monoisotopic (exact) mass is 284 g/mol. The Morgan fingerprint density at radius 3 is 2.14 bits per heavy atom. The van der Waals surface area contributed by atoms with Crippen LogP contribution >= 0.6 is 0 Å². The SMILES string of the molecule is NCCc1ccc(CNC(=O)Cc2ccc(O)cc2)cc1. The molecule has 0 aliphatic heterocycles. The smallest absolute Gasteiger partial charge is 0.224 e. The number of benzene rings is 2. The normalized spacial score (nSPS) is 10.3. The minimum Gasteiger partial charge on any atom is -0.508 e. The van der Waals surface area contributed by atoms with Gasteiger partial charge in [-0.15, -0.1) is 0 Å². The molecule has 2 aromatic rings. The molecule has 0 aliphatic carbocycles. The van der Waals surface area contributed by atoms with E-state index in [9.17, 15) is 9.90 Å². The molecule has 1 amide bonds. The second-order valence-corrected chi connectivity index (χ2v) is 4.98. The third kappa shape index (κ3) is 4.93. The maximum absolute atomic E-state index is 11.8. The number of amides is 1. The largest absolute Gasteiger partial charge is 0.508 e. The summed E-state index contributed by atoms with van der Waals surface area (Å²) in [7, 11) is 0. The zero-order valence-electron chi connectivity index (χ0n) is 11.9. The predicted molar refractivity (Wildman–Crippen MR) is 82.9 cm³/mol. The van der Waals surface area contributed by atoms with E-state index in [-0.39, 0.29) is 11.7 Å². The van der Waals surface area contributed by atoms with Gasteiger partial charge in [0.15, 0.2) is 0 Å². The lowest BCUT2D eigenvalue weighted by atomic mass is 10.1. The summed E-state index contributed by atoms with van der Waals surface area (Å²) in [5.41, 5.74) is 8.66. The van der Waals surface area contributed by atoms with Gasteiger partial charge in [-0.25, -0.2) is 0 Å². The summed E-state index contributed by atoms with van der Waals surface area (Å²) < 4.78 is 0. The van der Waals surface area contributed by atoms with E-state index in [1.54, 1.807) is 24.3 Å². The Morgan fingerprint density at radius 1 is 0.952 bits per heavy atom. The van der Waals surface area contributed by atoms with Gasteiger partial charge in [0.2, 0.25) is 5.91 Å². The number of aromatic hydroxyl groups is 1. The fraction of sp³-hybridized carbons (Fsp3) is 0.235. The van der Waals surface area contributed by atoms with E-state index in [1.807, 2.05) is 24.3 Å². The Balaban J connectivity index is 1.81. The van der Waals surface area contributed by atoms with Crippen molar-refractivity contribution < 1.29 is 9.90 Å². The van der Waals surface area contributed by atoms with E-state index in [0.717, 1.165) is 17.5 Å². The standard InChI is InChI=1S/C17H20N2O2/c18-10-9-13-1-3-15(4-2-13)12-19-17(21)11-14-5-7-16(20)8-6-14/h1-8,20H,9-12,18H2,(H,19,21). The van der Waals surface area contributed by atoms with Gasteiger partial charge in [0.1, 0.15) is 5.75 Å². The summed E-state index contributed by atoms with van der Waals surface area (Å²) in [6, 6.07) is 14.7.